The molecule has 1 aliphatic rings. The Balaban J connectivity index is 1.77. The topological polar surface area (TPSA) is 70.5 Å². The first-order chi connectivity index (χ1) is 13.9. The Bertz CT molecular complexity index is 1140. The molecule has 7 heteroatoms. The van der Waals surface area contributed by atoms with Gasteiger partial charge in [-0.2, -0.15) is 0 Å². The van der Waals surface area contributed by atoms with Crippen LogP contribution in [0.5, 0.6) is 0 Å². The summed E-state index contributed by atoms with van der Waals surface area (Å²) in [6.07, 6.45) is 1.73. The molecule has 146 valence electrons. The lowest BCUT2D eigenvalue weighted by Gasteiger charge is -2.12. The Hall–Kier alpha value is -3.25. The van der Waals surface area contributed by atoms with Crippen LogP contribution in [0.2, 0.25) is 5.02 Å². The highest BCUT2D eigenvalue weighted by molar-refractivity contribution is 6.32. The van der Waals surface area contributed by atoms with Crippen molar-refractivity contribution in [3.8, 4) is 11.3 Å². The summed E-state index contributed by atoms with van der Waals surface area (Å²) in [5.41, 5.74) is 5.57. The molecule has 0 saturated carbocycles. The molecule has 0 unspecified atom stereocenters. The Kier molecular flexibility index (Phi) is 5.03. The van der Waals surface area contributed by atoms with Gasteiger partial charge in [-0.05, 0) is 36.2 Å². The lowest BCUT2D eigenvalue weighted by Crippen LogP contribution is -2.15. The maximum atomic E-state index is 12.4. The van der Waals surface area contributed by atoms with Gasteiger partial charge in [0.1, 0.15) is 12.1 Å². The average Bonchev–Trinajstić information content (AvgIpc) is 2.86. The molecule has 2 heterocycles. The van der Waals surface area contributed by atoms with Crippen molar-refractivity contribution in [3.63, 3.8) is 0 Å². The van der Waals surface area contributed by atoms with Crippen LogP contribution in [-0.4, -0.2) is 35.7 Å². The standard InChI is InChI=1S/C22H20ClN5O/c1-13-7-19-20(9-16(13)23)27-22(29)11-18(26-19)15-6-4-5-14(8-15)17-10-21(28(2)3)25-12-24-17/h4-10,12H,11H2,1-3H3,(H,27,29). The fourth-order valence-electron chi connectivity index (χ4n) is 3.16. The molecular weight excluding hydrogens is 386 g/mol. The smallest absolute Gasteiger partial charge is 0.230 e. The number of aliphatic imine (C=N–C) groups is 1. The number of halogens is 1. The van der Waals surface area contributed by atoms with Gasteiger partial charge in [0.05, 0.1) is 29.2 Å². The van der Waals surface area contributed by atoms with E-state index in [1.807, 2.05) is 62.3 Å². The summed E-state index contributed by atoms with van der Waals surface area (Å²) >= 11 is 6.21. The number of amides is 1. The summed E-state index contributed by atoms with van der Waals surface area (Å²) in [6.45, 7) is 1.92. The first-order valence-corrected chi connectivity index (χ1v) is 9.56. The van der Waals surface area contributed by atoms with Crippen LogP contribution < -0.4 is 10.2 Å². The van der Waals surface area contributed by atoms with Crippen molar-refractivity contribution in [3.05, 3.63) is 64.9 Å². The third-order valence-corrected chi connectivity index (χ3v) is 5.14. The first-order valence-electron chi connectivity index (χ1n) is 9.18. The van der Waals surface area contributed by atoms with E-state index < -0.39 is 0 Å². The molecule has 6 nitrogen and oxygen atoms in total. The van der Waals surface area contributed by atoms with Gasteiger partial charge in [0.25, 0.3) is 0 Å². The monoisotopic (exact) mass is 405 g/mol. The number of aromatic nitrogens is 2. The third kappa shape index (κ3) is 3.98. The molecule has 2 aromatic carbocycles. The third-order valence-electron chi connectivity index (χ3n) is 4.74. The lowest BCUT2D eigenvalue weighted by atomic mass is 10.0. The molecule has 1 N–H and O–H groups in total. The molecule has 29 heavy (non-hydrogen) atoms. The van der Waals surface area contributed by atoms with Gasteiger partial charge < -0.3 is 10.2 Å². The van der Waals surface area contributed by atoms with Gasteiger partial charge in [0.15, 0.2) is 0 Å². The van der Waals surface area contributed by atoms with Gasteiger partial charge in [0.2, 0.25) is 5.91 Å². The van der Waals surface area contributed by atoms with Crippen LogP contribution >= 0.6 is 11.6 Å². The van der Waals surface area contributed by atoms with Crippen molar-refractivity contribution in [2.24, 2.45) is 4.99 Å². The molecule has 0 atom stereocenters. The summed E-state index contributed by atoms with van der Waals surface area (Å²) in [6, 6.07) is 13.5. The number of rotatable bonds is 3. The molecule has 4 rings (SSSR count). The van der Waals surface area contributed by atoms with E-state index in [9.17, 15) is 4.79 Å². The van der Waals surface area contributed by atoms with Crippen LogP contribution in [0.1, 0.15) is 17.5 Å². The predicted molar refractivity (Wildman–Crippen MR) is 117 cm³/mol. The number of carbonyl (C=O) groups is 1. The van der Waals surface area contributed by atoms with E-state index in [2.05, 4.69) is 15.3 Å². The number of nitrogens with zero attached hydrogens (tertiary/aromatic N) is 4. The van der Waals surface area contributed by atoms with E-state index in [1.165, 1.54) is 0 Å². The zero-order chi connectivity index (χ0) is 20.5. The minimum atomic E-state index is -0.121. The minimum absolute atomic E-state index is 0.121. The first kappa shape index (κ1) is 19.1. The van der Waals surface area contributed by atoms with Gasteiger partial charge in [-0.15, -0.1) is 0 Å². The second-order valence-corrected chi connectivity index (χ2v) is 7.55. The SMILES string of the molecule is Cc1cc2c(cc1Cl)NC(=O)CC(c1cccc(-c3cc(N(C)C)ncn3)c1)=N2. The van der Waals surface area contributed by atoms with Gasteiger partial charge >= 0.3 is 0 Å². The van der Waals surface area contributed by atoms with E-state index in [1.54, 1.807) is 12.4 Å². The highest BCUT2D eigenvalue weighted by Gasteiger charge is 2.19. The van der Waals surface area contributed by atoms with Crippen molar-refractivity contribution < 1.29 is 4.79 Å². The Morgan fingerprint density at radius 2 is 1.86 bits per heavy atom. The number of aryl methyl sites for hydroxylation is 1. The minimum Gasteiger partial charge on any atom is -0.363 e. The fourth-order valence-corrected chi connectivity index (χ4v) is 3.33. The Morgan fingerprint density at radius 1 is 1.07 bits per heavy atom. The predicted octanol–water partition coefficient (Wildman–Crippen LogP) is 4.63. The van der Waals surface area contributed by atoms with Gasteiger partial charge in [0, 0.05) is 30.7 Å². The lowest BCUT2D eigenvalue weighted by molar-refractivity contribution is -0.115. The Labute approximate surface area is 174 Å². The molecular formula is C22H20ClN5O. The fraction of sp³-hybridized carbons (Fsp3) is 0.182. The summed E-state index contributed by atoms with van der Waals surface area (Å²) in [5, 5.41) is 3.49. The van der Waals surface area contributed by atoms with Gasteiger partial charge in [-0.3, -0.25) is 9.79 Å². The van der Waals surface area contributed by atoms with Crippen molar-refractivity contribution in [2.75, 3.05) is 24.3 Å². The van der Waals surface area contributed by atoms with Crippen molar-refractivity contribution >= 4 is 40.4 Å². The molecule has 3 aromatic rings. The van der Waals surface area contributed by atoms with Crippen LogP contribution in [-0.2, 0) is 4.79 Å². The van der Waals surface area contributed by atoms with E-state index in [0.29, 0.717) is 22.1 Å². The van der Waals surface area contributed by atoms with Crippen molar-refractivity contribution in [1.82, 2.24) is 9.97 Å². The number of hydrogen-bond donors (Lipinski definition) is 1. The van der Waals surface area contributed by atoms with Crippen molar-refractivity contribution in [2.45, 2.75) is 13.3 Å². The average molecular weight is 406 g/mol. The molecule has 0 radical (unpaired) electrons. The van der Waals surface area contributed by atoms with E-state index >= 15 is 0 Å². The van der Waals surface area contributed by atoms with Crippen LogP contribution in [0.15, 0.2) is 53.8 Å². The van der Waals surface area contributed by atoms with Crippen LogP contribution in [0.4, 0.5) is 17.2 Å². The highest BCUT2D eigenvalue weighted by atomic mass is 35.5. The molecule has 0 saturated heterocycles. The molecule has 1 aliphatic heterocycles. The second-order valence-electron chi connectivity index (χ2n) is 7.14. The van der Waals surface area contributed by atoms with E-state index in [-0.39, 0.29) is 12.3 Å². The second kappa shape index (κ2) is 7.64. The number of fused-ring (bicyclic) bond motifs is 1. The molecule has 0 aliphatic carbocycles. The van der Waals surface area contributed by atoms with Crippen molar-refractivity contribution in [1.29, 1.82) is 0 Å². The van der Waals surface area contributed by atoms with Crippen LogP contribution in [0, 0.1) is 6.92 Å². The number of benzene rings is 2. The number of carbonyl (C=O) groups excluding carboxylic acids is 1. The molecule has 1 aromatic heterocycles. The normalized spacial score (nSPS) is 13.2. The highest BCUT2D eigenvalue weighted by Crippen LogP contribution is 2.34. The maximum absolute atomic E-state index is 12.4. The summed E-state index contributed by atoms with van der Waals surface area (Å²) in [4.78, 5) is 27.8. The van der Waals surface area contributed by atoms with E-state index in [0.717, 1.165) is 28.2 Å². The quantitative estimate of drug-likeness (QED) is 0.689. The molecule has 0 spiro atoms. The number of nitrogens with one attached hydrogen (secondary N) is 1. The number of anilines is 2. The Morgan fingerprint density at radius 3 is 2.66 bits per heavy atom. The molecule has 0 bridgehead atoms. The zero-order valence-electron chi connectivity index (χ0n) is 16.4. The van der Waals surface area contributed by atoms with Crippen LogP contribution in [0.25, 0.3) is 11.3 Å². The largest absolute Gasteiger partial charge is 0.363 e. The number of hydrogen-bond acceptors (Lipinski definition) is 5. The summed E-state index contributed by atoms with van der Waals surface area (Å²) in [5.74, 6) is 0.706. The van der Waals surface area contributed by atoms with Gasteiger partial charge in [-0.25, -0.2) is 9.97 Å². The molecule has 1 amide bonds. The molecule has 0 fully saturated rings. The zero-order valence-corrected chi connectivity index (χ0v) is 17.2. The summed E-state index contributed by atoms with van der Waals surface area (Å²) in [7, 11) is 3.88. The van der Waals surface area contributed by atoms with Crippen LogP contribution in [0.3, 0.4) is 0 Å². The van der Waals surface area contributed by atoms with E-state index in [4.69, 9.17) is 16.6 Å². The maximum Gasteiger partial charge on any atom is 0.230 e. The van der Waals surface area contributed by atoms with Gasteiger partial charge in [-0.1, -0.05) is 29.8 Å². The summed E-state index contributed by atoms with van der Waals surface area (Å²) < 4.78 is 0.